The van der Waals surface area contributed by atoms with Gasteiger partial charge in [0.2, 0.25) is 0 Å². The van der Waals surface area contributed by atoms with Crippen molar-refractivity contribution in [2.75, 3.05) is 5.32 Å². The zero-order valence-electron chi connectivity index (χ0n) is 11.4. The van der Waals surface area contributed by atoms with Gasteiger partial charge < -0.3 is 5.32 Å². The van der Waals surface area contributed by atoms with Crippen molar-refractivity contribution in [1.82, 2.24) is 0 Å². The first kappa shape index (κ1) is 13.1. The number of rotatable bonds is 1. The van der Waals surface area contributed by atoms with Crippen molar-refractivity contribution >= 4 is 21.6 Å². The second kappa shape index (κ2) is 4.99. The summed E-state index contributed by atoms with van der Waals surface area (Å²) in [6.45, 7) is 0. The topological polar surface area (TPSA) is 12.0 Å². The van der Waals surface area contributed by atoms with E-state index in [4.69, 9.17) is 0 Å². The molecule has 0 bridgehead atoms. The summed E-state index contributed by atoms with van der Waals surface area (Å²) in [4.78, 5) is 0. The zero-order chi connectivity index (χ0) is 14.4. The third-order valence-corrected chi connectivity index (χ3v) is 5.06. The van der Waals surface area contributed by atoms with Crippen LogP contribution < -0.4 is 5.32 Å². The lowest BCUT2D eigenvalue weighted by molar-refractivity contribution is 0.413. The molecule has 1 heterocycles. The third-order valence-electron chi connectivity index (χ3n) is 4.57. The smallest absolute Gasteiger partial charge is 0.128 e. The highest BCUT2D eigenvalue weighted by atomic mass is 79.9. The zero-order valence-corrected chi connectivity index (χ0v) is 13.0. The molecule has 0 aromatic heterocycles. The summed E-state index contributed by atoms with van der Waals surface area (Å²) in [5.41, 5.74) is 3.18. The number of hydrogen-bond acceptors (Lipinski definition) is 1. The minimum absolute atomic E-state index is 0.0277. The molecule has 0 saturated carbocycles. The summed E-state index contributed by atoms with van der Waals surface area (Å²) in [5, 5.41) is 3.55. The molecule has 1 aliphatic heterocycles. The molecule has 1 N–H and O–H groups in total. The highest BCUT2D eigenvalue weighted by molar-refractivity contribution is 9.10. The van der Waals surface area contributed by atoms with E-state index in [1.165, 1.54) is 5.56 Å². The molecule has 4 rings (SSSR count). The monoisotopic (exact) mass is 343 g/mol. The predicted molar refractivity (Wildman–Crippen MR) is 86.9 cm³/mol. The molecule has 3 heteroatoms. The molecule has 2 aromatic carbocycles. The van der Waals surface area contributed by atoms with Crippen LogP contribution in [0.4, 0.5) is 10.1 Å². The maximum Gasteiger partial charge on any atom is 0.128 e. The van der Waals surface area contributed by atoms with Crippen molar-refractivity contribution in [3.63, 3.8) is 0 Å². The maximum absolute atomic E-state index is 14.2. The van der Waals surface area contributed by atoms with Crippen LogP contribution in [0, 0.1) is 11.7 Å². The Morgan fingerprint density at radius 3 is 2.81 bits per heavy atom. The molecule has 106 valence electrons. The van der Waals surface area contributed by atoms with Crippen LogP contribution >= 0.6 is 15.9 Å². The van der Waals surface area contributed by atoms with E-state index in [1.54, 1.807) is 12.1 Å². The Labute approximate surface area is 132 Å². The van der Waals surface area contributed by atoms with E-state index >= 15 is 0 Å². The molecule has 21 heavy (non-hydrogen) atoms. The number of allylic oxidation sites excluding steroid dienone is 2. The summed E-state index contributed by atoms with van der Waals surface area (Å²) < 4.78 is 15.3. The van der Waals surface area contributed by atoms with Gasteiger partial charge in [-0.3, -0.25) is 0 Å². The number of anilines is 1. The summed E-state index contributed by atoms with van der Waals surface area (Å²) in [7, 11) is 0. The van der Waals surface area contributed by atoms with Gasteiger partial charge in [0.1, 0.15) is 5.82 Å². The molecule has 0 radical (unpaired) electrons. The molecule has 0 amide bonds. The molecule has 2 aliphatic rings. The fourth-order valence-corrected chi connectivity index (χ4v) is 3.98. The summed E-state index contributed by atoms with van der Waals surface area (Å²) >= 11 is 3.55. The van der Waals surface area contributed by atoms with Gasteiger partial charge in [-0.1, -0.05) is 46.3 Å². The number of nitrogens with one attached hydrogen (secondary N) is 1. The normalized spacial score (nSPS) is 26.1. The summed E-state index contributed by atoms with van der Waals surface area (Å²) in [5.74, 6) is 0.619. The van der Waals surface area contributed by atoms with Gasteiger partial charge in [0, 0.05) is 21.6 Å². The quantitative estimate of drug-likeness (QED) is 0.682. The second-order valence-corrected chi connectivity index (χ2v) is 6.64. The number of fused-ring (bicyclic) bond motifs is 3. The van der Waals surface area contributed by atoms with Gasteiger partial charge in [-0.2, -0.15) is 0 Å². The average molecular weight is 344 g/mol. The lowest BCUT2D eigenvalue weighted by Crippen LogP contribution is -2.29. The van der Waals surface area contributed by atoms with Crippen molar-refractivity contribution in [3.05, 3.63) is 76.0 Å². The molecule has 1 nitrogen and oxygen atoms in total. The van der Waals surface area contributed by atoms with E-state index in [0.717, 1.165) is 22.1 Å². The Morgan fingerprint density at radius 1 is 1.10 bits per heavy atom. The molecule has 1 aliphatic carbocycles. The van der Waals surface area contributed by atoms with Gasteiger partial charge in [0.25, 0.3) is 0 Å². The van der Waals surface area contributed by atoms with E-state index in [-0.39, 0.29) is 11.9 Å². The van der Waals surface area contributed by atoms with Gasteiger partial charge in [-0.05, 0) is 42.2 Å². The minimum atomic E-state index is -0.124. The van der Waals surface area contributed by atoms with E-state index in [9.17, 15) is 4.39 Å². The van der Waals surface area contributed by atoms with Crippen molar-refractivity contribution in [2.45, 2.75) is 18.4 Å². The average Bonchev–Trinajstić information content (AvgIpc) is 2.97. The Morgan fingerprint density at radius 2 is 1.95 bits per heavy atom. The Bertz CT molecular complexity index is 725. The number of benzene rings is 2. The van der Waals surface area contributed by atoms with E-state index in [2.05, 4.69) is 45.5 Å². The summed E-state index contributed by atoms with van der Waals surface area (Å²) in [6.07, 6.45) is 5.48. The van der Waals surface area contributed by atoms with Crippen LogP contribution in [0.1, 0.15) is 29.5 Å². The van der Waals surface area contributed by atoms with Gasteiger partial charge in [0.05, 0.1) is 6.04 Å². The highest BCUT2D eigenvalue weighted by Gasteiger charge is 2.38. The molecule has 0 saturated heterocycles. The largest absolute Gasteiger partial charge is 0.378 e. The van der Waals surface area contributed by atoms with Crippen LogP contribution in [0.2, 0.25) is 0 Å². The predicted octanol–water partition coefficient (Wildman–Crippen LogP) is 5.41. The van der Waals surface area contributed by atoms with Crippen LogP contribution in [0.3, 0.4) is 0 Å². The number of halogens is 2. The van der Waals surface area contributed by atoms with Gasteiger partial charge in [-0.15, -0.1) is 0 Å². The van der Waals surface area contributed by atoms with Crippen LogP contribution in [-0.4, -0.2) is 0 Å². The first-order valence-electron chi connectivity index (χ1n) is 7.21. The molecular weight excluding hydrogens is 329 g/mol. The SMILES string of the molecule is Fc1ccccc1[C@@H]1Nc2ccc(Br)cc2[C@@H]2C=CC[C@@H]21. The summed E-state index contributed by atoms with van der Waals surface area (Å²) in [6, 6.07) is 13.4. The van der Waals surface area contributed by atoms with Gasteiger partial charge in [-0.25, -0.2) is 4.39 Å². The standard InChI is InChI=1S/C18H15BrFN/c19-11-8-9-17-15(10-11)12-5-3-6-13(12)18(21-17)14-4-1-2-7-16(14)20/h1-5,7-10,12-13,18,21H,6H2/t12-,13+,18-/m1/s1. The second-order valence-electron chi connectivity index (χ2n) is 5.73. The maximum atomic E-state index is 14.2. The molecular formula is C18H15BrFN. The van der Waals surface area contributed by atoms with Gasteiger partial charge >= 0.3 is 0 Å². The fourth-order valence-electron chi connectivity index (χ4n) is 3.60. The molecule has 3 atom stereocenters. The Kier molecular flexibility index (Phi) is 3.11. The van der Waals surface area contributed by atoms with Crippen LogP contribution in [-0.2, 0) is 0 Å². The lowest BCUT2D eigenvalue weighted by Gasteiger charge is -2.37. The van der Waals surface area contributed by atoms with Crippen molar-refractivity contribution in [3.8, 4) is 0 Å². The highest BCUT2D eigenvalue weighted by Crippen LogP contribution is 2.50. The van der Waals surface area contributed by atoms with Crippen LogP contribution in [0.25, 0.3) is 0 Å². The molecule has 0 unspecified atom stereocenters. The lowest BCUT2D eigenvalue weighted by atomic mass is 9.77. The molecule has 0 fully saturated rings. The minimum Gasteiger partial charge on any atom is -0.378 e. The first-order valence-corrected chi connectivity index (χ1v) is 8.00. The molecule has 0 spiro atoms. The Balaban J connectivity index is 1.82. The van der Waals surface area contributed by atoms with E-state index in [0.29, 0.717) is 11.8 Å². The van der Waals surface area contributed by atoms with Crippen molar-refractivity contribution < 1.29 is 4.39 Å². The van der Waals surface area contributed by atoms with E-state index < -0.39 is 0 Å². The fraction of sp³-hybridized carbons (Fsp3) is 0.222. The van der Waals surface area contributed by atoms with Crippen molar-refractivity contribution in [2.24, 2.45) is 5.92 Å². The van der Waals surface area contributed by atoms with Gasteiger partial charge in [0.15, 0.2) is 0 Å². The third kappa shape index (κ3) is 2.11. The Hall–Kier alpha value is -1.61. The van der Waals surface area contributed by atoms with Crippen LogP contribution in [0.5, 0.6) is 0 Å². The van der Waals surface area contributed by atoms with Crippen LogP contribution in [0.15, 0.2) is 59.1 Å². The molecule has 2 aromatic rings. The first-order chi connectivity index (χ1) is 10.2. The van der Waals surface area contributed by atoms with E-state index in [1.807, 2.05) is 18.2 Å². The van der Waals surface area contributed by atoms with Crippen molar-refractivity contribution in [1.29, 1.82) is 0 Å². The number of hydrogen-bond donors (Lipinski definition) is 1.